The summed E-state index contributed by atoms with van der Waals surface area (Å²) in [5, 5.41) is 6.59. The molecule has 0 bridgehead atoms. The van der Waals surface area contributed by atoms with Gasteiger partial charge < -0.3 is 0 Å². The Morgan fingerprint density at radius 2 is 2.17 bits per heavy atom. The molecule has 0 fully saturated rings. The monoisotopic (exact) mass is 260 g/mol. The quantitative estimate of drug-likeness (QED) is 0.788. The van der Waals surface area contributed by atoms with Gasteiger partial charge in [0.05, 0.1) is 21.8 Å². The highest BCUT2D eigenvalue weighted by Crippen LogP contribution is 2.39. The number of aromatic nitrogens is 2. The van der Waals surface area contributed by atoms with Crippen molar-refractivity contribution in [3.63, 3.8) is 0 Å². The van der Waals surface area contributed by atoms with Crippen LogP contribution in [0.4, 0.5) is 0 Å². The number of fused-ring (bicyclic) bond motifs is 1. The summed E-state index contributed by atoms with van der Waals surface area (Å²) >= 11 is 1.66. The molecular formula is C14H16N2OS. The zero-order valence-corrected chi connectivity index (χ0v) is 11.7. The van der Waals surface area contributed by atoms with Crippen molar-refractivity contribution in [2.75, 3.05) is 0 Å². The van der Waals surface area contributed by atoms with Crippen molar-refractivity contribution in [3.05, 3.63) is 28.8 Å². The summed E-state index contributed by atoms with van der Waals surface area (Å²) in [6.07, 6.45) is 1.50. The molecule has 3 rings (SSSR count). The minimum Gasteiger partial charge on any atom is -0.294 e. The Labute approximate surface area is 110 Å². The highest BCUT2D eigenvalue weighted by molar-refractivity contribution is 7.13. The summed E-state index contributed by atoms with van der Waals surface area (Å²) < 4.78 is 1.86. The predicted octanol–water partition coefficient (Wildman–Crippen LogP) is 3.30. The van der Waals surface area contributed by atoms with Gasteiger partial charge in [-0.15, -0.1) is 11.3 Å². The van der Waals surface area contributed by atoms with Crippen LogP contribution >= 0.6 is 11.3 Å². The zero-order chi connectivity index (χ0) is 12.9. The minimum absolute atomic E-state index is 0.0329. The summed E-state index contributed by atoms with van der Waals surface area (Å²) in [5.74, 6) is 0.234. The van der Waals surface area contributed by atoms with Crippen LogP contribution in [0.15, 0.2) is 17.5 Å². The Kier molecular flexibility index (Phi) is 2.45. The third kappa shape index (κ3) is 1.72. The van der Waals surface area contributed by atoms with Crippen LogP contribution in [0, 0.1) is 5.41 Å². The third-order valence-corrected chi connectivity index (χ3v) is 4.31. The maximum Gasteiger partial charge on any atom is 0.167 e. The first-order chi connectivity index (χ1) is 8.48. The first kappa shape index (κ1) is 11.7. The van der Waals surface area contributed by atoms with Crippen molar-refractivity contribution in [2.24, 2.45) is 12.5 Å². The van der Waals surface area contributed by atoms with Gasteiger partial charge in [-0.05, 0) is 23.3 Å². The number of aryl methyl sites for hydroxylation is 1. The second-order valence-electron chi connectivity index (χ2n) is 5.71. The molecule has 0 spiro atoms. The van der Waals surface area contributed by atoms with Crippen molar-refractivity contribution < 1.29 is 4.79 Å². The fourth-order valence-corrected chi connectivity index (χ4v) is 3.54. The number of Topliss-reactive ketones (excluding diaryl/α,β-unsaturated/α-hetero) is 1. The van der Waals surface area contributed by atoms with Gasteiger partial charge in [0.2, 0.25) is 0 Å². The average Bonchev–Trinajstić information content (AvgIpc) is 2.82. The summed E-state index contributed by atoms with van der Waals surface area (Å²) in [5.41, 5.74) is 2.83. The molecule has 1 aliphatic carbocycles. The van der Waals surface area contributed by atoms with Gasteiger partial charge in [-0.1, -0.05) is 19.9 Å². The highest BCUT2D eigenvalue weighted by Gasteiger charge is 2.36. The van der Waals surface area contributed by atoms with Gasteiger partial charge in [0.1, 0.15) is 0 Å². The lowest BCUT2D eigenvalue weighted by atomic mass is 9.75. The molecule has 3 nitrogen and oxygen atoms in total. The van der Waals surface area contributed by atoms with E-state index >= 15 is 0 Å². The summed E-state index contributed by atoms with van der Waals surface area (Å²) in [6.45, 7) is 4.26. The molecule has 18 heavy (non-hydrogen) atoms. The van der Waals surface area contributed by atoms with Crippen molar-refractivity contribution in [2.45, 2.75) is 26.7 Å². The van der Waals surface area contributed by atoms with E-state index in [9.17, 15) is 4.79 Å². The van der Waals surface area contributed by atoms with E-state index in [-0.39, 0.29) is 11.2 Å². The van der Waals surface area contributed by atoms with Crippen LogP contribution in [0.25, 0.3) is 10.6 Å². The number of thiophene rings is 1. The van der Waals surface area contributed by atoms with E-state index in [2.05, 4.69) is 25.0 Å². The maximum atomic E-state index is 12.4. The molecule has 2 aromatic rings. The van der Waals surface area contributed by atoms with E-state index < -0.39 is 0 Å². The molecule has 94 valence electrons. The molecule has 0 N–H and O–H groups in total. The minimum atomic E-state index is 0.0329. The Balaban J connectivity index is 2.20. The van der Waals surface area contributed by atoms with E-state index in [1.807, 2.05) is 23.2 Å². The van der Waals surface area contributed by atoms with Crippen LogP contribution in [0.3, 0.4) is 0 Å². The number of ketones is 1. The van der Waals surface area contributed by atoms with E-state index in [0.717, 1.165) is 28.2 Å². The second kappa shape index (κ2) is 3.79. The van der Waals surface area contributed by atoms with Gasteiger partial charge in [-0.25, -0.2) is 0 Å². The smallest absolute Gasteiger partial charge is 0.167 e. The van der Waals surface area contributed by atoms with Crippen molar-refractivity contribution >= 4 is 17.1 Å². The van der Waals surface area contributed by atoms with Gasteiger partial charge in [-0.2, -0.15) is 5.10 Å². The van der Waals surface area contributed by atoms with Gasteiger partial charge >= 0.3 is 0 Å². The summed E-state index contributed by atoms with van der Waals surface area (Å²) in [4.78, 5) is 13.5. The second-order valence-corrected chi connectivity index (χ2v) is 6.66. The van der Waals surface area contributed by atoms with Crippen LogP contribution < -0.4 is 0 Å². The molecular weight excluding hydrogens is 244 g/mol. The van der Waals surface area contributed by atoms with Crippen molar-refractivity contribution in [1.29, 1.82) is 0 Å². The molecule has 0 saturated carbocycles. The Morgan fingerprint density at radius 1 is 1.39 bits per heavy atom. The molecule has 0 aromatic carbocycles. The van der Waals surface area contributed by atoms with Crippen LogP contribution in [0.2, 0.25) is 0 Å². The van der Waals surface area contributed by atoms with Crippen LogP contribution in [-0.2, 0) is 13.5 Å². The fourth-order valence-electron chi connectivity index (χ4n) is 2.73. The van der Waals surface area contributed by atoms with E-state index in [0.29, 0.717) is 6.42 Å². The van der Waals surface area contributed by atoms with Gasteiger partial charge in [0.15, 0.2) is 5.78 Å². The highest BCUT2D eigenvalue weighted by atomic mass is 32.1. The summed E-state index contributed by atoms with van der Waals surface area (Å²) in [7, 11) is 1.92. The molecule has 0 atom stereocenters. The van der Waals surface area contributed by atoms with Gasteiger partial charge in [-0.3, -0.25) is 9.48 Å². The van der Waals surface area contributed by atoms with Crippen LogP contribution in [0.5, 0.6) is 0 Å². The Hall–Kier alpha value is -1.42. The molecule has 2 aromatic heterocycles. The maximum absolute atomic E-state index is 12.4. The standard InChI is InChI=1S/C14H16N2OS/c1-14(2)7-9-12(10(17)8-14)13(16(3)15-9)11-5-4-6-18-11/h4-6H,7-8H2,1-3H3. The third-order valence-electron chi connectivity index (χ3n) is 3.44. The summed E-state index contributed by atoms with van der Waals surface area (Å²) in [6, 6.07) is 4.06. The van der Waals surface area contributed by atoms with Gasteiger partial charge in [0, 0.05) is 13.5 Å². The zero-order valence-electron chi connectivity index (χ0n) is 10.9. The first-order valence-electron chi connectivity index (χ1n) is 6.11. The van der Waals surface area contributed by atoms with E-state index in [4.69, 9.17) is 0 Å². The molecule has 2 heterocycles. The molecule has 0 saturated heterocycles. The molecule has 4 heteroatoms. The number of hydrogen-bond donors (Lipinski definition) is 0. The molecule has 0 aliphatic heterocycles. The number of carbonyl (C=O) groups is 1. The molecule has 0 radical (unpaired) electrons. The Bertz CT molecular complexity index is 608. The Morgan fingerprint density at radius 3 is 2.83 bits per heavy atom. The van der Waals surface area contributed by atoms with Gasteiger partial charge in [0.25, 0.3) is 0 Å². The number of hydrogen-bond acceptors (Lipinski definition) is 3. The lowest BCUT2D eigenvalue weighted by Crippen LogP contribution is -2.26. The van der Waals surface area contributed by atoms with Crippen LogP contribution in [0.1, 0.15) is 36.3 Å². The number of carbonyl (C=O) groups excluding carboxylic acids is 1. The molecule has 1 aliphatic rings. The SMILES string of the molecule is Cn1nc2c(c1-c1cccs1)C(=O)CC(C)(C)C2. The molecule has 0 amide bonds. The van der Waals surface area contributed by atoms with Crippen LogP contribution in [-0.4, -0.2) is 15.6 Å². The van der Waals surface area contributed by atoms with Crippen molar-refractivity contribution in [3.8, 4) is 10.6 Å². The molecule has 0 unspecified atom stereocenters. The average molecular weight is 260 g/mol. The van der Waals surface area contributed by atoms with E-state index in [1.165, 1.54) is 0 Å². The number of nitrogens with zero attached hydrogens (tertiary/aromatic N) is 2. The number of rotatable bonds is 1. The van der Waals surface area contributed by atoms with E-state index in [1.54, 1.807) is 11.3 Å². The predicted molar refractivity (Wildman–Crippen MR) is 73.0 cm³/mol. The lowest BCUT2D eigenvalue weighted by molar-refractivity contribution is 0.0912. The normalized spacial score (nSPS) is 17.8. The van der Waals surface area contributed by atoms with Crippen molar-refractivity contribution in [1.82, 2.24) is 9.78 Å². The lowest BCUT2D eigenvalue weighted by Gasteiger charge is -2.27. The first-order valence-corrected chi connectivity index (χ1v) is 6.99. The fraction of sp³-hybridized carbons (Fsp3) is 0.429. The largest absolute Gasteiger partial charge is 0.294 e. The topological polar surface area (TPSA) is 34.9 Å².